The Morgan fingerprint density at radius 2 is 1.64 bits per heavy atom. The minimum atomic E-state index is -1.65. The molecule has 0 aromatic carbocycles. The molecule has 0 bridgehead atoms. The summed E-state index contributed by atoms with van der Waals surface area (Å²) in [6.45, 7) is 0. The van der Waals surface area contributed by atoms with Gasteiger partial charge >= 0.3 is 5.97 Å². The van der Waals surface area contributed by atoms with Gasteiger partial charge in [0.05, 0.1) is 12.2 Å². The second kappa shape index (κ2) is 6.72. The van der Waals surface area contributed by atoms with Gasteiger partial charge in [0, 0.05) is 18.5 Å². The molecule has 1 aliphatic heterocycles. The molecule has 9 atom stereocenters. The van der Waals surface area contributed by atoms with E-state index in [-0.39, 0.29) is 12.8 Å². The summed E-state index contributed by atoms with van der Waals surface area (Å²) < 4.78 is 10.5. The van der Waals surface area contributed by atoms with Gasteiger partial charge in [0.2, 0.25) is 0 Å². The summed E-state index contributed by atoms with van der Waals surface area (Å²) in [4.78, 5) is 11.0. The van der Waals surface area contributed by atoms with Crippen LogP contribution >= 0.6 is 0 Å². The van der Waals surface area contributed by atoms with E-state index in [1.54, 1.807) is 0 Å². The molecule has 0 radical (unpaired) electrons. The van der Waals surface area contributed by atoms with Crippen LogP contribution in [0.2, 0.25) is 0 Å². The minimum Gasteiger partial charge on any atom is -0.479 e. The molecule has 9 N–H and O–H groups in total. The molecular formula is C12H22N2O8. The highest BCUT2D eigenvalue weighted by molar-refractivity contribution is 5.73. The summed E-state index contributed by atoms with van der Waals surface area (Å²) in [7, 11) is 0. The van der Waals surface area contributed by atoms with Crippen LogP contribution in [0.4, 0.5) is 0 Å². The maximum Gasteiger partial charge on any atom is 0.335 e. The molecule has 1 saturated carbocycles. The lowest BCUT2D eigenvalue weighted by molar-refractivity contribution is -0.280. The summed E-state index contributed by atoms with van der Waals surface area (Å²) >= 11 is 0. The molecule has 1 aliphatic carbocycles. The van der Waals surface area contributed by atoms with E-state index in [1.165, 1.54) is 0 Å². The molecule has 10 nitrogen and oxygen atoms in total. The predicted octanol–water partition coefficient (Wildman–Crippen LogP) is -3.93. The van der Waals surface area contributed by atoms with Gasteiger partial charge < -0.3 is 46.5 Å². The van der Waals surface area contributed by atoms with E-state index in [2.05, 4.69) is 0 Å². The van der Waals surface area contributed by atoms with Gasteiger partial charge in [-0.25, -0.2) is 4.79 Å². The fourth-order valence-electron chi connectivity index (χ4n) is 2.78. The maximum atomic E-state index is 11.0. The highest BCUT2D eigenvalue weighted by atomic mass is 16.7. The van der Waals surface area contributed by atoms with Gasteiger partial charge in [-0.15, -0.1) is 0 Å². The number of carboxylic acid groups (broad SMARTS) is 1. The van der Waals surface area contributed by atoms with E-state index < -0.39 is 61.0 Å². The Labute approximate surface area is 126 Å². The normalized spacial score (nSPS) is 49.8. The number of hydrogen-bond donors (Lipinski definition) is 7. The third-order valence-electron chi connectivity index (χ3n) is 4.08. The van der Waals surface area contributed by atoms with Crippen molar-refractivity contribution in [2.45, 2.75) is 67.8 Å². The topological polar surface area (TPSA) is 189 Å². The molecule has 2 rings (SSSR count). The first-order chi connectivity index (χ1) is 10.2. The van der Waals surface area contributed by atoms with Crippen molar-refractivity contribution in [1.29, 1.82) is 0 Å². The van der Waals surface area contributed by atoms with Crippen LogP contribution in [0.15, 0.2) is 0 Å². The van der Waals surface area contributed by atoms with Crippen LogP contribution in [0.3, 0.4) is 0 Å². The largest absolute Gasteiger partial charge is 0.479 e. The van der Waals surface area contributed by atoms with Gasteiger partial charge in [-0.2, -0.15) is 0 Å². The smallest absolute Gasteiger partial charge is 0.335 e. The first-order valence-corrected chi connectivity index (χ1v) is 6.99. The van der Waals surface area contributed by atoms with Crippen molar-refractivity contribution in [2.24, 2.45) is 11.5 Å². The molecular weight excluding hydrogens is 300 g/mol. The van der Waals surface area contributed by atoms with Crippen LogP contribution in [-0.2, 0) is 14.3 Å². The summed E-state index contributed by atoms with van der Waals surface area (Å²) in [5.74, 6) is -1.45. The van der Waals surface area contributed by atoms with Crippen LogP contribution in [-0.4, -0.2) is 86.5 Å². The SMILES string of the molecule is NC1C[C@@H](N)C(O)C(O)[C@@H]1O[C@@H]1CC(O)[C@H](O)C(C(=O)O)O1. The Hall–Kier alpha value is -0.850. The van der Waals surface area contributed by atoms with Crippen molar-refractivity contribution in [2.75, 3.05) is 0 Å². The number of carbonyl (C=O) groups is 1. The van der Waals surface area contributed by atoms with Crippen LogP contribution < -0.4 is 11.5 Å². The Morgan fingerprint density at radius 1 is 1.00 bits per heavy atom. The average molecular weight is 322 g/mol. The van der Waals surface area contributed by atoms with E-state index in [0.717, 1.165) is 0 Å². The second-order valence-corrected chi connectivity index (χ2v) is 5.76. The third-order valence-corrected chi connectivity index (χ3v) is 4.08. The van der Waals surface area contributed by atoms with Crippen LogP contribution in [0, 0.1) is 0 Å². The number of nitrogens with two attached hydrogens (primary N) is 2. The van der Waals surface area contributed by atoms with Crippen molar-refractivity contribution in [3.63, 3.8) is 0 Å². The van der Waals surface area contributed by atoms with E-state index in [1.807, 2.05) is 0 Å². The molecule has 1 saturated heterocycles. The number of ether oxygens (including phenoxy) is 2. The van der Waals surface area contributed by atoms with Gasteiger partial charge in [0.1, 0.15) is 18.3 Å². The Balaban J connectivity index is 2.04. The van der Waals surface area contributed by atoms with Crippen LogP contribution in [0.25, 0.3) is 0 Å². The minimum absolute atomic E-state index is 0.191. The van der Waals surface area contributed by atoms with Gasteiger partial charge in [-0.3, -0.25) is 0 Å². The molecule has 0 aromatic rings. The van der Waals surface area contributed by atoms with E-state index >= 15 is 0 Å². The summed E-state index contributed by atoms with van der Waals surface area (Å²) in [6, 6.07) is -1.39. The van der Waals surface area contributed by atoms with Crippen LogP contribution in [0.5, 0.6) is 0 Å². The number of hydrogen-bond acceptors (Lipinski definition) is 9. The van der Waals surface area contributed by atoms with E-state index in [4.69, 9.17) is 26.0 Å². The zero-order valence-corrected chi connectivity index (χ0v) is 11.7. The van der Waals surface area contributed by atoms with Crippen molar-refractivity contribution < 1.29 is 39.8 Å². The Morgan fingerprint density at radius 3 is 2.23 bits per heavy atom. The summed E-state index contributed by atoms with van der Waals surface area (Å²) in [5, 5.41) is 48.0. The zero-order chi connectivity index (χ0) is 16.6. The lowest BCUT2D eigenvalue weighted by Gasteiger charge is -2.43. The van der Waals surface area contributed by atoms with Gasteiger partial charge in [0.15, 0.2) is 12.4 Å². The zero-order valence-electron chi connectivity index (χ0n) is 11.7. The average Bonchev–Trinajstić information content (AvgIpc) is 2.44. The predicted molar refractivity (Wildman–Crippen MR) is 70.4 cm³/mol. The van der Waals surface area contributed by atoms with Crippen molar-refractivity contribution >= 4 is 5.97 Å². The molecule has 2 fully saturated rings. The first kappa shape index (κ1) is 17.5. The highest BCUT2D eigenvalue weighted by Crippen LogP contribution is 2.27. The Bertz CT molecular complexity index is 411. The molecule has 10 heteroatoms. The van der Waals surface area contributed by atoms with Gasteiger partial charge in [0.25, 0.3) is 0 Å². The lowest BCUT2D eigenvalue weighted by Crippen LogP contribution is -2.63. The third kappa shape index (κ3) is 3.39. The fraction of sp³-hybridized carbons (Fsp3) is 0.917. The molecule has 0 amide bonds. The first-order valence-electron chi connectivity index (χ1n) is 6.99. The number of aliphatic hydroxyl groups is 4. The quantitative estimate of drug-likeness (QED) is 0.270. The molecule has 22 heavy (non-hydrogen) atoms. The fourth-order valence-corrected chi connectivity index (χ4v) is 2.78. The monoisotopic (exact) mass is 322 g/mol. The number of carboxylic acids is 1. The van der Waals surface area contributed by atoms with E-state index in [9.17, 15) is 25.2 Å². The molecule has 0 aromatic heterocycles. The van der Waals surface area contributed by atoms with Crippen molar-refractivity contribution in [3.8, 4) is 0 Å². The van der Waals surface area contributed by atoms with Crippen LogP contribution in [0.1, 0.15) is 12.8 Å². The van der Waals surface area contributed by atoms with Gasteiger partial charge in [-0.05, 0) is 6.42 Å². The highest BCUT2D eigenvalue weighted by Gasteiger charge is 2.46. The standard InChI is InChI=1S/C12H22N2O8/c13-3-1-4(14)10(9(18)7(3)16)21-6-2-5(15)8(17)11(22-6)12(19)20/h3-11,15-18H,1-2,13-14H2,(H,19,20)/t3-,4?,5?,6+,7?,8+,9?,10-,11?/m1/s1. The van der Waals surface area contributed by atoms with E-state index in [0.29, 0.717) is 0 Å². The number of rotatable bonds is 3. The number of aliphatic carboxylic acids is 1. The summed E-state index contributed by atoms with van der Waals surface area (Å²) in [6.07, 6.45) is -9.41. The molecule has 0 spiro atoms. The number of aliphatic hydroxyl groups excluding tert-OH is 4. The lowest BCUT2D eigenvalue weighted by atomic mass is 9.84. The maximum absolute atomic E-state index is 11.0. The van der Waals surface area contributed by atoms with Crippen molar-refractivity contribution in [1.82, 2.24) is 0 Å². The molecule has 128 valence electrons. The molecule has 1 heterocycles. The summed E-state index contributed by atoms with van der Waals surface area (Å²) in [5.41, 5.74) is 11.5. The second-order valence-electron chi connectivity index (χ2n) is 5.76. The Kier molecular flexibility index (Phi) is 5.35. The van der Waals surface area contributed by atoms with Gasteiger partial charge in [-0.1, -0.05) is 0 Å². The molecule has 5 unspecified atom stereocenters. The van der Waals surface area contributed by atoms with Crippen molar-refractivity contribution in [3.05, 3.63) is 0 Å². The molecule has 2 aliphatic rings.